The van der Waals surface area contributed by atoms with Crippen LogP contribution < -0.4 is 4.74 Å². The molecule has 1 saturated carbocycles. The molecule has 170 valence electrons. The number of nitrogens with one attached hydrogen (secondary N) is 1. The average Bonchev–Trinajstić information content (AvgIpc) is 3.53. The molecule has 33 heavy (non-hydrogen) atoms. The Labute approximate surface area is 204 Å². The molecule has 0 aliphatic heterocycles. The van der Waals surface area contributed by atoms with Crippen LogP contribution in [0.5, 0.6) is 5.75 Å². The molecule has 1 aliphatic rings. The smallest absolute Gasteiger partial charge is 0.387 e. The van der Waals surface area contributed by atoms with Crippen molar-refractivity contribution in [2.24, 2.45) is 5.92 Å². The number of ether oxygens (including phenoxy) is 1. The number of para-hydroxylation sites is 1. The second-order valence-corrected chi connectivity index (χ2v) is 9.96. The van der Waals surface area contributed by atoms with Crippen LogP contribution >= 0.6 is 35.0 Å². The first-order chi connectivity index (χ1) is 16.0. The Balaban J connectivity index is 1.42. The summed E-state index contributed by atoms with van der Waals surface area (Å²) in [5.41, 5.74) is 3.15. The molecule has 1 aromatic heterocycles. The van der Waals surface area contributed by atoms with Crippen LogP contribution in [0.4, 0.5) is 8.78 Å². The lowest BCUT2D eigenvalue weighted by Crippen LogP contribution is -2.03. The molecule has 0 saturated heterocycles. The maximum absolute atomic E-state index is 12.9. The van der Waals surface area contributed by atoms with Gasteiger partial charge in [0.2, 0.25) is 0 Å². The van der Waals surface area contributed by atoms with E-state index in [1.54, 1.807) is 24.3 Å². The molecular formula is C25H20Cl2F2N2OS. The molecule has 0 atom stereocenters. The second kappa shape index (κ2) is 9.53. The first kappa shape index (κ1) is 22.5. The minimum atomic E-state index is -2.96. The van der Waals surface area contributed by atoms with Gasteiger partial charge in [0.1, 0.15) is 17.1 Å². The molecule has 4 aromatic rings. The van der Waals surface area contributed by atoms with Crippen LogP contribution in [-0.2, 0) is 6.42 Å². The van der Waals surface area contributed by atoms with Crippen LogP contribution in [0.1, 0.15) is 24.2 Å². The molecule has 0 amide bonds. The van der Waals surface area contributed by atoms with Crippen molar-refractivity contribution in [3.05, 3.63) is 76.0 Å². The molecule has 0 unspecified atom stereocenters. The Morgan fingerprint density at radius 1 is 1.09 bits per heavy atom. The van der Waals surface area contributed by atoms with E-state index in [0.29, 0.717) is 33.6 Å². The van der Waals surface area contributed by atoms with Crippen LogP contribution in [0.15, 0.2) is 59.5 Å². The quantitative estimate of drug-likeness (QED) is 0.245. The third-order valence-corrected chi connectivity index (χ3v) is 7.48. The highest BCUT2D eigenvalue weighted by Crippen LogP contribution is 2.43. The maximum atomic E-state index is 12.9. The maximum Gasteiger partial charge on any atom is 0.387 e. The number of aromatic nitrogens is 2. The molecule has 0 radical (unpaired) electrons. The zero-order chi connectivity index (χ0) is 22.9. The summed E-state index contributed by atoms with van der Waals surface area (Å²) in [5.74, 6) is 2.83. The fraction of sp³-hybridized carbons (Fsp3) is 0.240. The average molecular weight is 505 g/mol. The molecule has 0 spiro atoms. The van der Waals surface area contributed by atoms with Crippen LogP contribution in [-0.4, -0.2) is 22.3 Å². The first-order valence-corrected chi connectivity index (χ1v) is 12.3. The summed E-state index contributed by atoms with van der Waals surface area (Å²) in [6, 6.07) is 16.7. The molecule has 1 heterocycles. The van der Waals surface area contributed by atoms with E-state index in [0.717, 1.165) is 17.3 Å². The highest BCUT2D eigenvalue weighted by atomic mass is 35.5. The molecule has 1 N–H and O–H groups in total. The van der Waals surface area contributed by atoms with E-state index in [-0.39, 0.29) is 10.8 Å². The van der Waals surface area contributed by atoms with Gasteiger partial charge in [-0.25, -0.2) is 4.98 Å². The van der Waals surface area contributed by atoms with Crippen molar-refractivity contribution in [2.45, 2.75) is 30.8 Å². The number of rotatable bonds is 8. The van der Waals surface area contributed by atoms with Gasteiger partial charge in [-0.15, -0.1) is 11.8 Å². The van der Waals surface area contributed by atoms with Gasteiger partial charge in [0, 0.05) is 28.2 Å². The monoisotopic (exact) mass is 504 g/mol. The fourth-order valence-corrected chi connectivity index (χ4v) is 5.52. The first-order valence-electron chi connectivity index (χ1n) is 10.6. The fourth-order valence-electron chi connectivity index (χ4n) is 3.73. The third-order valence-electron chi connectivity index (χ3n) is 5.57. The number of halogens is 4. The number of aromatic amines is 1. The van der Waals surface area contributed by atoms with Crippen molar-refractivity contribution in [1.82, 2.24) is 9.97 Å². The van der Waals surface area contributed by atoms with Crippen molar-refractivity contribution in [3.63, 3.8) is 0 Å². The van der Waals surface area contributed by atoms with E-state index in [1.165, 1.54) is 29.6 Å². The van der Waals surface area contributed by atoms with Gasteiger partial charge in [-0.05, 0) is 48.6 Å². The number of fused-ring (bicyclic) bond motifs is 1. The topological polar surface area (TPSA) is 37.9 Å². The zero-order valence-corrected chi connectivity index (χ0v) is 19.8. The van der Waals surface area contributed by atoms with Crippen molar-refractivity contribution in [2.75, 3.05) is 5.75 Å². The summed E-state index contributed by atoms with van der Waals surface area (Å²) in [7, 11) is 0. The van der Waals surface area contributed by atoms with E-state index in [1.807, 2.05) is 11.8 Å². The lowest BCUT2D eigenvalue weighted by molar-refractivity contribution is -0.0494. The van der Waals surface area contributed by atoms with Crippen LogP contribution in [0.3, 0.4) is 0 Å². The van der Waals surface area contributed by atoms with E-state index in [4.69, 9.17) is 23.2 Å². The largest absolute Gasteiger partial charge is 0.434 e. The van der Waals surface area contributed by atoms with Gasteiger partial charge in [0.25, 0.3) is 0 Å². The minimum absolute atomic E-state index is 0.00561. The number of hydrogen-bond acceptors (Lipinski definition) is 3. The summed E-state index contributed by atoms with van der Waals surface area (Å²) in [5, 5.41) is 0.613. The van der Waals surface area contributed by atoms with E-state index >= 15 is 0 Å². The SMILES string of the molecule is FC(F)Oc1ccccc1-c1c(Cl)cc2[nH]c(Cc3ccc(SCC4CC4)cc3)nc2c1Cl. The number of thioether (sulfide) groups is 1. The van der Waals surface area contributed by atoms with Gasteiger partial charge in [0.15, 0.2) is 0 Å². The Kier molecular flexibility index (Phi) is 6.50. The highest BCUT2D eigenvalue weighted by Gasteiger charge is 2.22. The normalized spacial score (nSPS) is 13.7. The molecule has 1 fully saturated rings. The predicted molar refractivity (Wildman–Crippen MR) is 131 cm³/mol. The summed E-state index contributed by atoms with van der Waals surface area (Å²) in [4.78, 5) is 9.23. The zero-order valence-electron chi connectivity index (χ0n) is 17.5. The Morgan fingerprint density at radius 2 is 1.85 bits per heavy atom. The molecule has 0 bridgehead atoms. The molecule has 3 aromatic carbocycles. The van der Waals surface area contributed by atoms with Crippen LogP contribution in [0, 0.1) is 5.92 Å². The molecule has 5 rings (SSSR count). The number of imidazole rings is 1. The number of alkyl halides is 2. The molecule has 8 heteroatoms. The number of benzene rings is 3. The van der Waals surface area contributed by atoms with Crippen molar-refractivity contribution in [3.8, 4) is 16.9 Å². The summed E-state index contributed by atoms with van der Waals surface area (Å²) < 4.78 is 30.4. The van der Waals surface area contributed by atoms with E-state index < -0.39 is 6.61 Å². The Bertz CT molecular complexity index is 1290. The lowest BCUT2D eigenvalue weighted by atomic mass is 10.0. The standard InChI is InChI=1S/C25H20Cl2F2N2OS/c26-18-12-19-24(23(27)22(18)17-3-1-2-4-20(17)32-25(28)29)31-21(30-19)11-14-7-9-16(10-8-14)33-13-15-5-6-15/h1-4,7-10,12,15,25H,5-6,11,13H2,(H,30,31). The number of H-pyrrole nitrogens is 1. The Hall–Kier alpha value is -2.28. The summed E-state index contributed by atoms with van der Waals surface area (Å²) >= 11 is 15.1. The Morgan fingerprint density at radius 3 is 2.58 bits per heavy atom. The van der Waals surface area contributed by atoms with Gasteiger partial charge in [0.05, 0.1) is 15.6 Å². The van der Waals surface area contributed by atoms with Gasteiger partial charge in [-0.2, -0.15) is 8.78 Å². The molecular weight excluding hydrogens is 485 g/mol. The van der Waals surface area contributed by atoms with E-state index in [9.17, 15) is 8.78 Å². The number of hydrogen-bond donors (Lipinski definition) is 1. The second-order valence-electron chi connectivity index (χ2n) is 8.08. The van der Waals surface area contributed by atoms with Gasteiger partial charge < -0.3 is 9.72 Å². The van der Waals surface area contributed by atoms with Gasteiger partial charge >= 0.3 is 6.61 Å². The molecule has 3 nitrogen and oxygen atoms in total. The summed E-state index contributed by atoms with van der Waals surface area (Å²) in [6.07, 6.45) is 3.32. The number of nitrogens with zero attached hydrogens (tertiary/aromatic N) is 1. The highest BCUT2D eigenvalue weighted by molar-refractivity contribution is 7.99. The molecule has 1 aliphatic carbocycles. The van der Waals surface area contributed by atoms with E-state index in [2.05, 4.69) is 39.0 Å². The predicted octanol–water partition coefficient (Wildman–Crippen LogP) is 8.23. The van der Waals surface area contributed by atoms with Gasteiger partial charge in [-0.3, -0.25) is 0 Å². The third kappa shape index (κ3) is 5.13. The van der Waals surface area contributed by atoms with Crippen molar-refractivity contribution < 1.29 is 13.5 Å². The van der Waals surface area contributed by atoms with Crippen LogP contribution in [0.25, 0.3) is 22.2 Å². The van der Waals surface area contributed by atoms with Gasteiger partial charge in [-0.1, -0.05) is 53.5 Å². The van der Waals surface area contributed by atoms with Crippen molar-refractivity contribution in [1.29, 1.82) is 0 Å². The summed E-state index contributed by atoms with van der Waals surface area (Å²) in [6.45, 7) is -2.96. The van der Waals surface area contributed by atoms with Crippen molar-refractivity contribution >= 4 is 46.0 Å². The lowest BCUT2D eigenvalue weighted by Gasteiger charge is -2.13. The minimum Gasteiger partial charge on any atom is -0.434 e. The van der Waals surface area contributed by atoms with Crippen LogP contribution in [0.2, 0.25) is 10.0 Å².